The van der Waals surface area contributed by atoms with Crippen LogP contribution in [-0.4, -0.2) is 30.3 Å². The number of ether oxygens (including phenoxy) is 1. The quantitative estimate of drug-likeness (QED) is 0.756. The molecule has 0 fully saturated rings. The van der Waals surface area contributed by atoms with Crippen molar-refractivity contribution in [2.75, 3.05) is 25.1 Å². The van der Waals surface area contributed by atoms with E-state index >= 15 is 0 Å². The Hall–Kier alpha value is -2.53. The largest absolute Gasteiger partial charge is 0.492 e. The van der Waals surface area contributed by atoms with Crippen molar-refractivity contribution in [1.29, 1.82) is 0 Å². The first-order chi connectivity index (χ1) is 11.1. The Balaban J connectivity index is 1.55. The maximum Gasteiger partial charge on any atom is 0.298 e. The summed E-state index contributed by atoms with van der Waals surface area (Å²) < 4.78 is 11.4. The molecule has 0 saturated carbocycles. The molecule has 120 valence electrons. The number of anilines is 1. The Morgan fingerprint density at radius 1 is 1.17 bits per heavy atom. The molecule has 1 N–H and O–H groups in total. The number of para-hydroxylation sites is 2. The molecular formula is C18H20N2O3. The smallest absolute Gasteiger partial charge is 0.298 e. The number of aromatic nitrogens is 1. The monoisotopic (exact) mass is 312 g/mol. The molecule has 5 nitrogen and oxygen atoms in total. The molecule has 0 aliphatic heterocycles. The average molecular weight is 312 g/mol. The third-order valence-corrected chi connectivity index (χ3v) is 3.67. The van der Waals surface area contributed by atoms with Gasteiger partial charge in [0.05, 0.1) is 12.6 Å². The fourth-order valence-corrected chi connectivity index (χ4v) is 2.26. The topological polar surface area (TPSA) is 58.7 Å². The summed E-state index contributed by atoms with van der Waals surface area (Å²) in [5.74, 6) is 0.778. The molecule has 2 aromatic carbocycles. The van der Waals surface area contributed by atoms with Crippen molar-refractivity contribution in [3.05, 3.63) is 54.1 Å². The van der Waals surface area contributed by atoms with Crippen molar-refractivity contribution < 1.29 is 14.3 Å². The van der Waals surface area contributed by atoms with E-state index in [1.54, 1.807) is 6.92 Å². The van der Waals surface area contributed by atoms with E-state index in [1.165, 1.54) is 0 Å². The van der Waals surface area contributed by atoms with Crippen molar-refractivity contribution in [2.45, 2.75) is 13.0 Å². The Morgan fingerprint density at radius 3 is 2.61 bits per heavy atom. The van der Waals surface area contributed by atoms with Crippen LogP contribution in [0, 0.1) is 0 Å². The molecule has 0 aliphatic carbocycles. The molecule has 3 aromatic rings. The highest BCUT2D eigenvalue weighted by molar-refractivity contribution is 5.74. The minimum Gasteiger partial charge on any atom is -0.492 e. The van der Waals surface area contributed by atoms with E-state index in [9.17, 15) is 5.11 Å². The van der Waals surface area contributed by atoms with Crippen molar-refractivity contribution in [3.8, 4) is 5.75 Å². The lowest BCUT2D eigenvalue weighted by molar-refractivity contribution is 0.199. The van der Waals surface area contributed by atoms with Gasteiger partial charge < -0.3 is 19.2 Å². The van der Waals surface area contributed by atoms with Crippen molar-refractivity contribution in [3.63, 3.8) is 0 Å². The molecule has 0 aliphatic rings. The highest BCUT2D eigenvalue weighted by Crippen LogP contribution is 2.21. The summed E-state index contributed by atoms with van der Waals surface area (Å²) in [5, 5.41) is 9.48. The molecule has 0 saturated heterocycles. The number of rotatable bonds is 6. The summed E-state index contributed by atoms with van der Waals surface area (Å²) in [7, 11) is 1.92. The summed E-state index contributed by atoms with van der Waals surface area (Å²) in [4.78, 5) is 6.37. The lowest BCUT2D eigenvalue weighted by Crippen LogP contribution is -2.23. The van der Waals surface area contributed by atoms with Gasteiger partial charge in [0, 0.05) is 7.05 Å². The molecule has 0 amide bonds. The van der Waals surface area contributed by atoms with Gasteiger partial charge in [0.15, 0.2) is 5.58 Å². The summed E-state index contributed by atoms with van der Waals surface area (Å²) in [6, 6.07) is 15.7. The SMILES string of the molecule is CC(O)c1ccc(OCCN(C)c2nc3ccccc3o2)cc1. The molecule has 23 heavy (non-hydrogen) atoms. The number of aliphatic hydroxyl groups excluding tert-OH is 1. The maximum atomic E-state index is 9.48. The lowest BCUT2D eigenvalue weighted by Gasteiger charge is -2.15. The van der Waals surface area contributed by atoms with Gasteiger partial charge in [0.2, 0.25) is 0 Å². The van der Waals surface area contributed by atoms with E-state index in [4.69, 9.17) is 9.15 Å². The van der Waals surface area contributed by atoms with Crippen LogP contribution in [0.2, 0.25) is 0 Å². The second kappa shape index (κ2) is 6.71. The number of benzene rings is 2. The van der Waals surface area contributed by atoms with Crippen LogP contribution in [0.15, 0.2) is 52.9 Å². The standard InChI is InChI=1S/C18H20N2O3/c1-13(21)14-7-9-15(10-8-14)22-12-11-20(2)18-19-16-5-3-4-6-17(16)23-18/h3-10,13,21H,11-12H2,1-2H3. The normalized spacial score (nSPS) is 12.3. The number of hydrogen-bond acceptors (Lipinski definition) is 5. The number of oxazole rings is 1. The number of aliphatic hydroxyl groups is 1. The first-order valence-electron chi connectivity index (χ1n) is 7.61. The van der Waals surface area contributed by atoms with Gasteiger partial charge in [-0.1, -0.05) is 24.3 Å². The second-order valence-corrected chi connectivity index (χ2v) is 5.48. The summed E-state index contributed by atoms with van der Waals surface area (Å²) in [5.41, 5.74) is 2.51. The number of fused-ring (bicyclic) bond motifs is 1. The second-order valence-electron chi connectivity index (χ2n) is 5.48. The van der Waals surface area contributed by atoms with Crippen LogP contribution in [0.3, 0.4) is 0 Å². The third-order valence-electron chi connectivity index (χ3n) is 3.67. The maximum absolute atomic E-state index is 9.48. The Bertz CT molecular complexity index is 732. The zero-order valence-corrected chi connectivity index (χ0v) is 13.3. The van der Waals surface area contributed by atoms with E-state index < -0.39 is 6.10 Å². The van der Waals surface area contributed by atoms with Crippen LogP contribution in [0.25, 0.3) is 11.1 Å². The molecule has 0 radical (unpaired) electrons. The first kappa shape index (κ1) is 15.4. The van der Waals surface area contributed by atoms with Gasteiger partial charge in [-0.15, -0.1) is 0 Å². The zero-order chi connectivity index (χ0) is 16.2. The highest BCUT2D eigenvalue weighted by Gasteiger charge is 2.10. The molecule has 1 atom stereocenters. The molecule has 1 heterocycles. The van der Waals surface area contributed by atoms with Crippen LogP contribution in [-0.2, 0) is 0 Å². The minimum absolute atomic E-state index is 0.464. The van der Waals surface area contributed by atoms with Crippen LogP contribution in [0.4, 0.5) is 6.01 Å². The number of hydrogen-bond donors (Lipinski definition) is 1. The molecule has 1 unspecified atom stereocenters. The third kappa shape index (κ3) is 3.63. The zero-order valence-electron chi connectivity index (χ0n) is 13.3. The summed E-state index contributed by atoms with van der Waals surface area (Å²) >= 11 is 0. The van der Waals surface area contributed by atoms with Gasteiger partial charge in [-0.25, -0.2) is 0 Å². The van der Waals surface area contributed by atoms with Gasteiger partial charge in [0.1, 0.15) is 17.9 Å². The van der Waals surface area contributed by atoms with E-state index in [2.05, 4.69) is 4.98 Å². The van der Waals surface area contributed by atoms with E-state index in [1.807, 2.05) is 60.5 Å². The van der Waals surface area contributed by atoms with Crippen LogP contribution >= 0.6 is 0 Å². The van der Waals surface area contributed by atoms with Gasteiger partial charge in [0.25, 0.3) is 6.01 Å². The number of likely N-dealkylation sites (N-methyl/N-ethyl adjacent to an activating group) is 1. The highest BCUT2D eigenvalue weighted by atomic mass is 16.5. The van der Waals surface area contributed by atoms with Crippen LogP contribution < -0.4 is 9.64 Å². The molecule has 3 rings (SSSR count). The number of nitrogens with zero attached hydrogens (tertiary/aromatic N) is 2. The summed E-state index contributed by atoms with van der Waals surface area (Å²) in [6.45, 7) is 2.92. The molecule has 0 spiro atoms. The average Bonchev–Trinajstić information content (AvgIpc) is 2.99. The Morgan fingerprint density at radius 2 is 1.91 bits per heavy atom. The fourth-order valence-electron chi connectivity index (χ4n) is 2.26. The fraction of sp³-hybridized carbons (Fsp3) is 0.278. The predicted molar refractivity (Wildman–Crippen MR) is 89.8 cm³/mol. The lowest BCUT2D eigenvalue weighted by atomic mass is 10.1. The van der Waals surface area contributed by atoms with Crippen molar-refractivity contribution >= 4 is 17.1 Å². The van der Waals surface area contributed by atoms with Crippen molar-refractivity contribution in [1.82, 2.24) is 4.98 Å². The molecule has 1 aromatic heterocycles. The van der Waals surface area contributed by atoms with Gasteiger partial charge in [-0.2, -0.15) is 4.98 Å². The van der Waals surface area contributed by atoms with Gasteiger partial charge in [-0.3, -0.25) is 0 Å². The van der Waals surface area contributed by atoms with Crippen molar-refractivity contribution in [2.24, 2.45) is 0 Å². The van der Waals surface area contributed by atoms with E-state index in [0.29, 0.717) is 19.2 Å². The van der Waals surface area contributed by atoms with Gasteiger partial charge in [-0.05, 0) is 36.8 Å². The predicted octanol–water partition coefficient (Wildman–Crippen LogP) is 3.40. The van der Waals surface area contributed by atoms with Gasteiger partial charge >= 0.3 is 0 Å². The van der Waals surface area contributed by atoms with E-state index in [-0.39, 0.29) is 0 Å². The van der Waals surface area contributed by atoms with Crippen LogP contribution in [0.1, 0.15) is 18.6 Å². The Labute approximate surface area is 135 Å². The molecule has 0 bridgehead atoms. The Kier molecular flexibility index (Phi) is 4.48. The minimum atomic E-state index is -0.464. The molecular weight excluding hydrogens is 292 g/mol. The van der Waals surface area contributed by atoms with Crippen LogP contribution in [0.5, 0.6) is 5.75 Å². The molecule has 5 heteroatoms. The summed E-state index contributed by atoms with van der Waals surface area (Å²) in [6.07, 6.45) is -0.464. The first-order valence-corrected chi connectivity index (χ1v) is 7.61. The van der Waals surface area contributed by atoms with E-state index in [0.717, 1.165) is 22.4 Å².